The fraction of sp³-hybridized carbons (Fsp3) is 0.350. The number of rotatable bonds is 6. The zero-order valence-electron chi connectivity index (χ0n) is 16.1. The van der Waals surface area contributed by atoms with Gasteiger partial charge in [0.15, 0.2) is 0 Å². The number of fused-ring (bicyclic) bond motifs is 1. The quantitative estimate of drug-likeness (QED) is 0.657. The number of nitrogens with one attached hydrogen (secondary N) is 1. The number of carbonyl (C=O) groups is 1. The fourth-order valence-corrected chi connectivity index (χ4v) is 5.38. The molecule has 1 fully saturated rings. The molecule has 0 saturated carbocycles. The molecule has 0 unspecified atom stereocenters. The fourth-order valence-electron chi connectivity index (χ4n) is 3.53. The van der Waals surface area contributed by atoms with Gasteiger partial charge in [-0.15, -0.1) is 0 Å². The first kappa shape index (κ1) is 21.4. The number of carbonyl (C=O) groups excluding carboxylic acids is 1. The van der Waals surface area contributed by atoms with Crippen LogP contribution in [0.4, 0.5) is 5.69 Å². The van der Waals surface area contributed by atoms with E-state index in [4.69, 9.17) is 27.9 Å². The molecule has 0 spiro atoms. The molecule has 1 saturated heterocycles. The summed E-state index contributed by atoms with van der Waals surface area (Å²) in [6.45, 7) is 3.21. The molecule has 10 heteroatoms. The first-order chi connectivity index (χ1) is 14.3. The molecule has 2 aliphatic rings. The van der Waals surface area contributed by atoms with Crippen molar-refractivity contribution in [3.8, 4) is 5.75 Å². The van der Waals surface area contributed by atoms with Crippen molar-refractivity contribution in [1.82, 2.24) is 9.21 Å². The Morgan fingerprint density at radius 1 is 1.03 bits per heavy atom. The Labute approximate surface area is 185 Å². The molecule has 2 aromatic carbocycles. The summed E-state index contributed by atoms with van der Waals surface area (Å²) < 4.78 is 31.5. The number of benzene rings is 2. The van der Waals surface area contributed by atoms with Crippen molar-refractivity contribution < 1.29 is 17.9 Å². The summed E-state index contributed by atoms with van der Waals surface area (Å²) in [7, 11) is -3.72. The SMILES string of the molecule is O=C1Nc2ccc(S(=O)(=O)N3CCN(CCOc4ccccc4)CC3)cc2C1(Cl)Cl. The minimum atomic E-state index is -3.72. The van der Waals surface area contributed by atoms with Crippen LogP contribution in [0.25, 0.3) is 0 Å². The lowest BCUT2D eigenvalue weighted by Crippen LogP contribution is -2.49. The van der Waals surface area contributed by atoms with E-state index in [2.05, 4.69) is 10.2 Å². The van der Waals surface area contributed by atoms with Crippen LogP contribution in [0.1, 0.15) is 5.56 Å². The molecule has 160 valence electrons. The van der Waals surface area contributed by atoms with Crippen LogP contribution in [-0.4, -0.2) is 62.9 Å². The monoisotopic (exact) mass is 469 g/mol. The van der Waals surface area contributed by atoms with Gasteiger partial charge in [-0.05, 0) is 30.3 Å². The molecule has 0 radical (unpaired) electrons. The van der Waals surface area contributed by atoms with E-state index < -0.39 is 20.3 Å². The van der Waals surface area contributed by atoms with Gasteiger partial charge in [-0.3, -0.25) is 9.69 Å². The Balaban J connectivity index is 1.36. The van der Waals surface area contributed by atoms with Gasteiger partial charge in [0.1, 0.15) is 12.4 Å². The van der Waals surface area contributed by atoms with Crippen LogP contribution >= 0.6 is 23.2 Å². The van der Waals surface area contributed by atoms with E-state index in [1.165, 1.54) is 22.5 Å². The molecular weight excluding hydrogens is 449 g/mol. The number of amides is 1. The van der Waals surface area contributed by atoms with Crippen LogP contribution in [0, 0.1) is 0 Å². The Kier molecular flexibility index (Phi) is 5.96. The van der Waals surface area contributed by atoms with Gasteiger partial charge in [0, 0.05) is 44.0 Å². The Morgan fingerprint density at radius 2 is 1.73 bits per heavy atom. The van der Waals surface area contributed by atoms with E-state index in [0.29, 0.717) is 38.5 Å². The lowest BCUT2D eigenvalue weighted by atomic mass is 10.1. The van der Waals surface area contributed by atoms with Crippen LogP contribution < -0.4 is 10.1 Å². The predicted molar refractivity (Wildman–Crippen MR) is 116 cm³/mol. The normalized spacial score (nSPS) is 19.3. The molecule has 0 bridgehead atoms. The van der Waals surface area contributed by atoms with Crippen molar-refractivity contribution in [3.63, 3.8) is 0 Å². The minimum Gasteiger partial charge on any atom is -0.492 e. The number of alkyl halides is 2. The van der Waals surface area contributed by atoms with Gasteiger partial charge in [-0.1, -0.05) is 41.4 Å². The highest BCUT2D eigenvalue weighted by Gasteiger charge is 2.44. The summed E-state index contributed by atoms with van der Waals surface area (Å²) in [5, 5.41) is 2.55. The zero-order chi connectivity index (χ0) is 21.4. The van der Waals surface area contributed by atoms with Gasteiger partial charge in [0.25, 0.3) is 5.91 Å². The average molecular weight is 470 g/mol. The largest absolute Gasteiger partial charge is 0.492 e. The molecule has 0 aliphatic carbocycles. The third-order valence-electron chi connectivity index (χ3n) is 5.25. The molecule has 2 heterocycles. The third kappa shape index (κ3) is 4.15. The van der Waals surface area contributed by atoms with Crippen molar-refractivity contribution in [1.29, 1.82) is 0 Å². The molecule has 0 atom stereocenters. The molecule has 30 heavy (non-hydrogen) atoms. The predicted octanol–water partition coefficient (Wildman–Crippen LogP) is 2.65. The summed E-state index contributed by atoms with van der Waals surface area (Å²) >= 11 is 12.2. The third-order valence-corrected chi connectivity index (χ3v) is 7.90. The van der Waals surface area contributed by atoms with Gasteiger partial charge in [0.05, 0.1) is 4.90 Å². The molecule has 1 amide bonds. The number of nitrogens with zero attached hydrogens (tertiary/aromatic N) is 2. The number of hydrogen-bond acceptors (Lipinski definition) is 5. The maximum Gasteiger partial charge on any atom is 0.265 e. The second kappa shape index (κ2) is 8.36. The molecule has 2 aliphatic heterocycles. The summed E-state index contributed by atoms with van der Waals surface area (Å²) in [6, 6.07) is 13.9. The van der Waals surface area contributed by atoms with Crippen molar-refractivity contribution in [2.24, 2.45) is 0 Å². The van der Waals surface area contributed by atoms with Crippen molar-refractivity contribution >= 4 is 44.8 Å². The number of piperazine rings is 1. The number of ether oxygens (including phenoxy) is 1. The Hall–Kier alpha value is -1.84. The first-order valence-corrected chi connectivity index (χ1v) is 11.7. The number of para-hydroxylation sites is 1. The highest BCUT2D eigenvalue weighted by Crippen LogP contribution is 2.45. The summed E-state index contributed by atoms with van der Waals surface area (Å²) in [6.07, 6.45) is 0. The van der Waals surface area contributed by atoms with E-state index in [-0.39, 0.29) is 10.5 Å². The summed E-state index contributed by atoms with van der Waals surface area (Å²) in [5.74, 6) is 0.236. The highest BCUT2D eigenvalue weighted by atomic mass is 35.5. The van der Waals surface area contributed by atoms with E-state index >= 15 is 0 Å². The molecular formula is C20H21Cl2N3O4S. The lowest BCUT2D eigenvalue weighted by Gasteiger charge is -2.34. The van der Waals surface area contributed by atoms with E-state index in [1.54, 1.807) is 0 Å². The van der Waals surface area contributed by atoms with Crippen LogP contribution in [-0.2, 0) is 19.2 Å². The molecule has 7 nitrogen and oxygen atoms in total. The Morgan fingerprint density at radius 3 is 2.43 bits per heavy atom. The van der Waals surface area contributed by atoms with Crippen LogP contribution in [0.5, 0.6) is 5.75 Å². The maximum absolute atomic E-state index is 13.1. The van der Waals surface area contributed by atoms with Crippen molar-refractivity contribution in [2.75, 3.05) is 44.6 Å². The van der Waals surface area contributed by atoms with Gasteiger partial charge in [-0.2, -0.15) is 4.31 Å². The van der Waals surface area contributed by atoms with Crippen molar-refractivity contribution in [2.45, 2.75) is 9.23 Å². The van der Waals surface area contributed by atoms with E-state index in [0.717, 1.165) is 12.3 Å². The van der Waals surface area contributed by atoms with Crippen LogP contribution in [0.3, 0.4) is 0 Å². The van der Waals surface area contributed by atoms with Gasteiger partial charge >= 0.3 is 0 Å². The van der Waals surface area contributed by atoms with Gasteiger partial charge < -0.3 is 10.1 Å². The number of sulfonamides is 1. The Bertz CT molecular complexity index is 1040. The van der Waals surface area contributed by atoms with Crippen molar-refractivity contribution in [3.05, 3.63) is 54.1 Å². The molecule has 4 rings (SSSR count). The first-order valence-electron chi connectivity index (χ1n) is 9.52. The number of anilines is 1. The van der Waals surface area contributed by atoms with Crippen LogP contribution in [0.15, 0.2) is 53.4 Å². The zero-order valence-corrected chi connectivity index (χ0v) is 18.4. The summed E-state index contributed by atoms with van der Waals surface area (Å²) in [5.41, 5.74) is 0.681. The van der Waals surface area contributed by atoms with Crippen LogP contribution in [0.2, 0.25) is 0 Å². The molecule has 1 N–H and O–H groups in total. The number of hydrogen-bond donors (Lipinski definition) is 1. The highest BCUT2D eigenvalue weighted by molar-refractivity contribution is 7.89. The number of halogens is 2. The van der Waals surface area contributed by atoms with Gasteiger partial charge in [-0.25, -0.2) is 8.42 Å². The lowest BCUT2D eigenvalue weighted by molar-refractivity contribution is -0.116. The summed E-state index contributed by atoms with van der Waals surface area (Å²) in [4.78, 5) is 14.1. The second-order valence-corrected chi connectivity index (χ2v) is 10.4. The topological polar surface area (TPSA) is 79.0 Å². The van der Waals surface area contributed by atoms with E-state index in [1.807, 2.05) is 30.3 Å². The maximum atomic E-state index is 13.1. The average Bonchev–Trinajstić information content (AvgIpc) is 2.97. The smallest absolute Gasteiger partial charge is 0.265 e. The van der Waals surface area contributed by atoms with Gasteiger partial charge in [0.2, 0.25) is 14.4 Å². The molecule has 0 aromatic heterocycles. The second-order valence-electron chi connectivity index (χ2n) is 7.14. The minimum absolute atomic E-state index is 0.0734. The van der Waals surface area contributed by atoms with E-state index in [9.17, 15) is 13.2 Å². The molecule has 2 aromatic rings. The standard InChI is InChI=1S/C20H21Cl2N3O4S/c21-20(22)17-14-16(6-7-18(17)23-19(20)26)30(27,28)25-10-8-24(9-11-25)12-13-29-15-4-2-1-3-5-15/h1-7,14H,8-13H2,(H,23,26).